The van der Waals surface area contributed by atoms with Crippen molar-refractivity contribution in [2.45, 2.75) is 46.0 Å². The smallest absolute Gasteiger partial charge is 0.00427 e. The minimum absolute atomic E-state index is 0.430. The molecular weight excluding hydrogens is 240 g/mol. The second-order valence-corrected chi connectivity index (χ2v) is 6.37. The molecule has 0 saturated carbocycles. The Morgan fingerprint density at radius 1 is 0.944 bits per heavy atom. The quantitative estimate of drug-likeness (QED) is 0.577. The van der Waals surface area contributed by atoms with Gasteiger partial charge in [-0.25, -0.2) is 0 Å². The Morgan fingerprint density at radius 2 is 1.50 bits per heavy atom. The van der Waals surface area contributed by atoms with Gasteiger partial charge < -0.3 is 9.80 Å². The highest BCUT2D eigenvalue weighted by Crippen LogP contribution is 2.32. The summed E-state index contributed by atoms with van der Waals surface area (Å²) in [5.74, 6) is 1.02. The molecule has 0 radical (unpaired) electrons. The Balaban J connectivity index is 4.20. The van der Waals surface area contributed by atoms with Gasteiger partial charge in [-0.15, -0.1) is 0 Å². The molecule has 110 valence electrons. The van der Waals surface area contributed by atoms with Crippen LogP contribution in [0.5, 0.6) is 0 Å². The average Bonchev–Trinajstić information content (AvgIpc) is 2.29. The van der Waals surface area contributed by atoms with Gasteiger partial charge >= 0.3 is 0 Å². The van der Waals surface area contributed by atoms with Crippen LogP contribution in [0.1, 0.15) is 46.0 Å². The lowest BCUT2D eigenvalue weighted by Crippen LogP contribution is -2.38. The summed E-state index contributed by atoms with van der Waals surface area (Å²) >= 11 is 4.63. The molecule has 0 aliphatic heterocycles. The molecule has 0 rings (SSSR count). The molecule has 0 aromatic carbocycles. The van der Waals surface area contributed by atoms with Crippen molar-refractivity contribution >= 4 is 12.6 Å². The molecule has 0 amide bonds. The lowest BCUT2D eigenvalue weighted by molar-refractivity contribution is 0.165. The van der Waals surface area contributed by atoms with Crippen LogP contribution in [0.15, 0.2) is 0 Å². The van der Waals surface area contributed by atoms with Gasteiger partial charge in [0.15, 0.2) is 0 Å². The van der Waals surface area contributed by atoms with Gasteiger partial charge in [-0.1, -0.05) is 26.7 Å². The zero-order chi connectivity index (χ0) is 14.0. The van der Waals surface area contributed by atoms with E-state index in [0.717, 1.165) is 5.75 Å². The minimum atomic E-state index is 0.430. The van der Waals surface area contributed by atoms with E-state index in [0.29, 0.717) is 5.41 Å². The molecule has 0 heterocycles. The average molecular weight is 275 g/mol. The monoisotopic (exact) mass is 274 g/mol. The Morgan fingerprint density at radius 3 is 1.89 bits per heavy atom. The maximum absolute atomic E-state index is 4.63. The van der Waals surface area contributed by atoms with Gasteiger partial charge in [-0.3, -0.25) is 0 Å². The first-order valence-electron chi connectivity index (χ1n) is 7.43. The van der Waals surface area contributed by atoms with Crippen molar-refractivity contribution in [3.8, 4) is 0 Å². The van der Waals surface area contributed by atoms with E-state index in [1.807, 2.05) is 0 Å². The summed E-state index contributed by atoms with van der Waals surface area (Å²) in [6.45, 7) is 8.16. The fourth-order valence-corrected chi connectivity index (χ4v) is 3.28. The highest BCUT2D eigenvalue weighted by atomic mass is 32.1. The summed E-state index contributed by atoms with van der Waals surface area (Å²) in [7, 11) is 6.55. The van der Waals surface area contributed by atoms with E-state index < -0.39 is 0 Å². The Kier molecular flexibility index (Phi) is 10.3. The van der Waals surface area contributed by atoms with Crippen LogP contribution in [0.4, 0.5) is 0 Å². The predicted molar refractivity (Wildman–Crippen MR) is 86.8 cm³/mol. The van der Waals surface area contributed by atoms with Gasteiger partial charge in [-0.05, 0) is 64.7 Å². The molecule has 0 unspecified atom stereocenters. The molecule has 0 saturated heterocycles. The third kappa shape index (κ3) is 7.65. The number of hydrogen-bond donors (Lipinski definition) is 1. The number of hydrogen-bond acceptors (Lipinski definition) is 3. The molecule has 2 nitrogen and oxygen atoms in total. The second-order valence-electron chi connectivity index (χ2n) is 6.05. The lowest BCUT2D eigenvalue weighted by Gasteiger charge is -2.36. The first kappa shape index (κ1) is 18.3. The molecule has 0 fully saturated rings. The van der Waals surface area contributed by atoms with Crippen LogP contribution in [0.25, 0.3) is 0 Å². The van der Waals surface area contributed by atoms with Crippen molar-refractivity contribution in [2.24, 2.45) is 5.41 Å². The normalized spacial score (nSPS) is 12.7. The summed E-state index contributed by atoms with van der Waals surface area (Å²) in [6, 6.07) is 0. The van der Waals surface area contributed by atoms with E-state index >= 15 is 0 Å². The molecular formula is C15H34N2S. The Hall–Kier alpha value is 0.270. The van der Waals surface area contributed by atoms with Gasteiger partial charge in [0.2, 0.25) is 0 Å². The molecule has 0 aliphatic carbocycles. The van der Waals surface area contributed by atoms with E-state index in [1.165, 1.54) is 51.7 Å². The lowest BCUT2D eigenvalue weighted by atomic mass is 9.80. The van der Waals surface area contributed by atoms with Crippen molar-refractivity contribution in [2.75, 3.05) is 46.5 Å². The van der Waals surface area contributed by atoms with Gasteiger partial charge in [-0.2, -0.15) is 12.6 Å². The highest BCUT2D eigenvalue weighted by molar-refractivity contribution is 7.80. The van der Waals surface area contributed by atoms with Crippen LogP contribution in [0.2, 0.25) is 0 Å². The molecule has 0 bridgehead atoms. The van der Waals surface area contributed by atoms with E-state index in [1.54, 1.807) is 0 Å². The molecule has 3 heteroatoms. The Bertz CT molecular complexity index is 189. The molecule has 0 N–H and O–H groups in total. The zero-order valence-electron chi connectivity index (χ0n) is 13.2. The highest BCUT2D eigenvalue weighted by Gasteiger charge is 2.28. The first-order chi connectivity index (χ1) is 8.49. The van der Waals surface area contributed by atoms with E-state index in [2.05, 4.69) is 57.4 Å². The van der Waals surface area contributed by atoms with Gasteiger partial charge in [0.25, 0.3) is 0 Å². The van der Waals surface area contributed by atoms with Crippen molar-refractivity contribution in [1.29, 1.82) is 0 Å². The van der Waals surface area contributed by atoms with E-state index in [9.17, 15) is 0 Å². The van der Waals surface area contributed by atoms with Crippen LogP contribution in [0.3, 0.4) is 0 Å². The summed E-state index contributed by atoms with van der Waals surface area (Å²) in [4.78, 5) is 4.77. The number of rotatable bonds is 11. The Labute approximate surface area is 121 Å². The van der Waals surface area contributed by atoms with Gasteiger partial charge in [0.1, 0.15) is 0 Å². The maximum atomic E-state index is 4.63. The third-order valence-corrected chi connectivity index (χ3v) is 4.32. The molecule has 0 aromatic rings. The molecule has 0 spiro atoms. The number of thiol groups is 1. The summed E-state index contributed by atoms with van der Waals surface area (Å²) in [6.07, 6.45) is 6.41. The summed E-state index contributed by atoms with van der Waals surface area (Å²) in [5.41, 5.74) is 0.430. The van der Waals surface area contributed by atoms with Crippen LogP contribution in [-0.4, -0.2) is 56.3 Å². The third-order valence-electron chi connectivity index (χ3n) is 3.65. The van der Waals surface area contributed by atoms with Crippen molar-refractivity contribution < 1.29 is 0 Å². The molecule has 0 aliphatic rings. The number of nitrogens with zero attached hydrogens (tertiary/aromatic N) is 2. The predicted octanol–water partition coefficient (Wildman–Crippen LogP) is 3.39. The summed E-state index contributed by atoms with van der Waals surface area (Å²) in [5, 5.41) is 0. The fraction of sp³-hybridized carbons (Fsp3) is 1.00. The van der Waals surface area contributed by atoms with Crippen LogP contribution in [0, 0.1) is 5.41 Å². The van der Waals surface area contributed by atoms with Crippen molar-refractivity contribution in [3.05, 3.63) is 0 Å². The van der Waals surface area contributed by atoms with Crippen LogP contribution >= 0.6 is 12.6 Å². The van der Waals surface area contributed by atoms with Gasteiger partial charge in [0.05, 0.1) is 0 Å². The SMILES string of the molecule is CCCC(CS)(CCC)CN(C)CCCN(C)C. The van der Waals surface area contributed by atoms with Crippen LogP contribution in [-0.2, 0) is 0 Å². The zero-order valence-corrected chi connectivity index (χ0v) is 14.1. The molecule has 0 atom stereocenters. The molecule has 18 heavy (non-hydrogen) atoms. The topological polar surface area (TPSA) is 6.48 Å². The van der Waals surface area contributed by atoms with Gasteiger partial charge in [0, 0.05) is 6.54 Å². The van der Waals surface area contributed by atoms with E-state index in [-0.39, 0.29) is 0 Å². The first-order valence-corrected chi connectivity index (χ1v) is 8.07. The molecule has 0 aromatic heterocycles. The minimum Gasteiger partial charge on any atom is -0.309 e. The fourth-order valence-electron chi connectivity index (χ4n) is 2.86. The second kappa shape index (κ2) is 10.1. The summed E-state index contributed by atoms with van der Waals surface area (Å²) < 4.78 is 0. The van der Waals surface area contributed by atoms with Crippen molar-refractivity contribution in [1.82, 2.24) is 9.80 Å². The van der Waals surface area contributed by atoms with Crippen LogP contribution < -0.4 is 0 Å². The largest absolute Gasteiger partial charge is 0.309 e. The van der Waals surface area contributed by atoms with Crippen molar-refractivity contribution in [3.63, 3.8) is 0 Å². The standard InChI is InChI=1S/C15H34N2S/c1-6-9-15(14-18,10-7-2)13-17(5)12-8-11-16(3)4/h18H,6-14H2,1-5H3. The van der Waals surface area contributed by atoms with E-state index in [4.69, 9.17) is 0 Å². The maximum Gasteiger partial charge on any atom is 0.00427 e.